The van der Waals surface area contributed by atoms with E-state index in [0.717, 1.165) is 16.5 Å². The Bertz CT molecular complexity index is 860. The van der Waals surface area contributed by atoms with E-state index in [9.17, 15) is 4.79 Å². The van der Waals surface area contributed by atoms with E-state index in [-0.39, 0.29) is 5.56 Å². The van der Waals surface area contributed by atoms with E-state index in [1.165, 1.54) is 25.7 Å². The molecular weight excluding hydrogens is 288 g/mol. The Morgan fingerprint density at radius 2 is 1.87 bits per heavy atom. The van der Waals surface area contributed by atoms with Crippen molar-refractivity contribution in [2.45, 2.75) is 44.7 Å². The van der Waals surface area contributed by atoms with Crippen molar-refractivity contribution in [3.8, 4) is 0 Å². The minimum absolute atomic E-state index is 0.00228. The molecule has 0 saturated heterocycles. The van der Waals surface area contributed by atoms with Gasteiger partial charge in [-0.25, -0.2) is 9.67 Å². The fourth-order valence-corrected chi connectivity index (χ4v) is 3.54. The fraction of sp³-hybridized carbons (Fsp3) is 0.389. The Balaban J connectivity index is 1.77. The summed E-state index contributed by atoms with van der Waals surface area (Å²) in [6, 6.07) is 7.89. The molecule has 1 aromatic carbocycles. The second-order valence-electron chi connectivity index (χ2n) is 6.24. The van der Waals surface area contributed by atoms with Crippen LogP contribution in [0.5, 0.6) is 0 Å². The van der Waals surface area contributed by atoms with E-state index in [0.29, 0.717) is 19.0 Å². The summed E-state index contributed by atoms with van der Waals surface area (Å²) >= 11 is 0. The lowest BCUT2D eigenvalue weighted by atomic mass is 9.98. The Kier molecular flexibility index (Phi) is 3.69. The summed E-state index contributed by atoms with van der Waals surface area (Å²) in [5.74, 6) is 0.486. The lowest BCUT2D eigenvalue weighted by molar-refractivity contribution is 0.498. The smallest absolute Gasteiger partial charge is 0.274 e. The third-order valence-electron chi connectivity index (χ3n) is 4.77. The topological polar surface area (TPSA) is 52.7 Å². The van der Waals surface area contributed by atoms with E-state index < -0.39 is 0 Å². The monoisotopic (exact) mass is 308 g/mol. The molecular formula is C18H20N4O. The Morgan fingerprint density at radius 3 is 2.61 bits per heavy atom. The van der Waals surface area contributed by atoms with Gasteiger partial charge in [-0.15, -0.1) is 0 Å². The first-order chi connectivity index (χ1) is 11.3. The van der Waals surface area contributed by atoms with Gasteiger partial charge in [-0.3, -0.25) is 4.79 Å². The average Bonchev–Trinajstić information content (AvgIpc) is 3.28. The summed E-state index contributed by atoms with van der Waals surface area (Å²) in [5.41, 5.74) is 1.10. The molecule has 2 aromatic heterocycles. The van der Waals surface area contributed by atoms with Gasteiger partial charge in [0.15, 0.2) is 0 Å². The van der Waals surface area contributed by atoms with E-state index >= 15 is 0 Å². The number of rotatable bonds is 4. The predicted molar refractivity (Wildman–Crippen MR) is 89.4 cm³/mol. The van der Waals surface area contributed by atoms with Crippen LogP contribution in [-0.2, 0) is 13.1 Å². The number of benzene rings is 1. The molecule has 0 radical (unpaired) electrons. The highest BCUT2D eigenvalue weighted by atomic mass is 16.1. The Hall–Kier alpha value is -2.43. The van der Waals surface area contributed by atoms with Gasteiger partial charge in [-0.1, -0.05) is 31.0 Å². The lowest BCUT2D eigenvalue weighted by Crippen LogP contribution is -2.27. The standard InChI is InChI=1S/C18H20N4O/c23-18-16-8-4-3-7-15(16)17(14-5-1-2-6-14)20-22(18)12-11-21-10-9-19-13-21/h3-4,7-10,13-14H,1-2,5-6,11-12H2. The maximum Gasteiger partial charge on any atom is 0.274 e. The molecule has 1 aliphatic carbocycles. The SMILES string of the molecule is O=c1c2ccccc2c(C2CCCC2)nn1CCn1ccnc1. The molecule has 0 spiro atoms. The van der Waals surface area contributed by atoms with Gasteiger partial charge < -0.3 is 4.57 Å². The second-order valence-corrected chi connectivity index (χ2v) is 6.24. The number of aryl methyl sites for hydroxylation is 2. The Labute approximate surface area is 134 Å². The molecule has 1 aliphatic rings. The molecule has 118 valence electrons. The molecule has 2 heterocycles. The molecule has 3 aromatic rings. The minimum atomic E-state index is 0.00228. The van der Waals surface area contributed by atoms with Gasteiger partial charge in [-0.2, -0.15) is 5.10 Å². The molecule has 0 bridgehead atoms. The van der Waals surface area contributed by atoms with Crippen molar-refractivity contribution in [1.29, 1.82) is 0 Å². The fourth-order valence-electron chi connectivity index (χ4n) is 3.54. The third kappa shape index (κ3) is 2.67. The van der Waals surface area contributed by atoms with Crippen LogP contribution in [0.2, 0.25) is 0 Å². The van der Waals surface area contributed by atoms with Crippen molar-refractivity contribution in [2.75, 3.05) is 0 Å². The molecule has 0 aliphatic heterocycles. The van der Waals surface area contributed by atoms with Gasteiger partial charge in [0.1, 0.15) is 0 Å². The second kappa shape index (κ2) is 5.99. The largest absolute Gasteiger partial charge is 0.336 e. The van der Waals surface area contributed by atoms with Crippen molar-refractivity contribution in [3.05, 3.63) is 59.0 Å². The maximum absolute atomic E-state index is 12.7. The van der Waals surface area contributed by atoms with Gasteiger partial charge in [0, 0.05) is 30.2 Å². The Morgan fingerprint density at radius 1 is 1.09 bits per heavy atom. The zero-order valence-electron chi connectivity index (χ0n) is 13.1. The average molecular weight is 308 g/mol. The summed E-state index contributed by atoms with van der Waals surface area (Å²) in [4.78, 5) is 16.8. The van der Waals surface area contributed by atoms with Crippen LogP contribution in [0, 0.1) is 0 Å². The van der Waals surface area contributed by atoms with Gasteiger partial charge in [-0.05, 0) is 18.9 Å². The highest BCUT2D eigenvalue weighted by molar-refractivity contribution is 5.84. The van der Waals surface area contributed by atoms with Crippen LogP contribution in [-0.4, -0.2) is 19.3 Å². The van der Waals surface area contributed by atoms with Gasteiger partial charge in [0.25, 0.3) is 5.56 Å². The first-order valence-corrected chi connectivity index (χ1v) is 8.28. The van der Waals surface area contributed by atoms with Crippen molar-refractivity contribution >= 4 is 10.8 Å². The van der Waals surface area contributed by atoms with Crippen LogP contribution >= 0.6 is 0 Å². The molecule has 1 saturated carbocycles. The van der Waals surface area contributed by atoms with Crippen molar-refractivity contribution in [1.82, 2.24) is 19.3 Å². The molecule has 1 fully saturated rings. The molecule has 0 unspecified atom stereocenters. The summed E-state index contributed by atoms with van der Waals surface area (Å²) in [5, 5.41) is 6.57. The van der Waals surface area contributed by atoms with E-state index in [1.54, 1.807) is 17.2 Å². The van der Waals surface area contributed by atoms with Crippen molar-refractivity contribution in [2.24, 2.45) is 0 Å². The zero-order chi connectivity index (χ0) is 15.6. The van der Waals surface area contributed by atoms with Crippen LogP contribution < -0.4 is 5.56 Å². The first kappa shape index (κ1) is 14.2. The lowest BCUT2D eigenvalue weighted by Gasteiger charge is -2.15. The number of hydrogen-bond donors (Lipinski definition) is 0. The van der Waals surface area contributed by atoms with Crippen molar-refractivity contribution in [3.63, 3.8) is 0 Å². The predicted octanol–water partition coefficient (Wildman–Crippen LogP) is 2.95. The quantitative estimate of drug-likeness (QED) is 0.744. The normalized spacial score (nSPS) is 15.5. The van der Waals surface area contributed by atoms with E-state index in [4.69, 9.17) is 5.10 Å². The molecule has 0 N–H and O–H groups in total. The first-order valence-electron chi connectivity index (χ1n) is 8.28. The highest BCUT2D eigenvalue weighted by Gasteiger charge is 2.22. The minimum Gasteiger partial charge on any atom is -0.336 e. The molecule has 23 heavy (non-hydrogen) atoms. The number of aromatic nitrogens is 4. The van der Waals surface area contributed by atoms with Gasteiger partial charge in [0.05, 0.1) is 24.0 Å². The van der Waals surface area contributed by atoms with Crippen molar-refractivity contribution < 1.29 is 0 Å². The summed E-state index contributed by atoms with van der Waals surface area (Å²) in [6.45, 7) is 1.27. The van der Waals surface area contributed by atoms with E-state index in [1.807, 2.05) is 35.0 Å². The molecule has 4 rings (SSSR count). The van der Waals surface area contributed by atoms with Crippen LogP contribution in [0.25, 0.3) is 10.8 Å². The van der Waals surface area contributed by atoms with Crippen LogP contribution in [0.4, 0.5) is 0 Å². The summed E-state index contributed by atoms with van der Waals surface area (Å²) in [7, 11) is 0. The summed E-state index contributed by atoms with van der Waals surface area (Å²) < 4.78 is 3.61. The number of fused-ring (bicyclic) bond motifs is 1. The highest BCUT2D eigenvalue weighted by Crippen LogP contribution is 2.35. The number of hydrogen-bond acceptors (Lipinski definition) is 3. The molecule has 0 atom stereocenters. The summed E-state index contributed by atoms with van der Waals surface area (Å²) in [6.07, 6.45) is 10.3. The third-order valence-corrected chi connectivity index (χ3v) is 4.77. The molecule has 5 heteroatoms. The molecule has 5 nitrogen and oxygen atoms in total. The number of nitrogens with zero attached hydrogens (tertiary/aromatic N) is 4. The van der Waals surface area contributed by atoms with Crippen LogP contribution in [0.15, 0.2) is 47.8 Å². The zero-order valence-corrected chi connectivity index (χ0v) is 13.1. The number of imidazole rings is 1. The maximum atomic E-state index is 12.7. The molecule has 0 amide bonds. The van der Waals surface area contributed by atoms with Crippen LogP contribution in [0.3, 0.4) is 0 Å². The van der Waals surface area contributed by atoms with Crippen LogP contribution in [0.1, 0.15) is 37.3 Å². The van der Waals surface area contributed by atoms with E-state index in [2.05, 4.69) is 4.98 Å². The van der Waals surface area contributed by atoms with Gasteiger partial charge >= 0.3 is 0 Å². The van der Waals surface area contributed by atoms with Gasteiger partial charge in [0.2, 0.25) is 0 Å².